The van der Waals surface area contributed by atoms with Gasteiger partial charge in [0.25, 0.3) is 0 Å². The van der Waals surface area contributed by atoms with Gasteiger partial charge in [0, 0.05) is 10.6 Å². The van der Waals surface area contributed by atoms with Gasteiger partial charge in [0.1, 0.15) is 6.26 Å². The van der Waals surface area contributed by atoms with E-state index in [-0.39, 0.29) is 5.70 Å². The number of rotatable bonds is 4. The second-order valence-electron chi connectivity index (χ2n) is 3.89. The Morgan fingerprint density at radius 2 is 1.70 bits per heavy atom. The zero-order chi connectivity index (χ0) is 14.4. The minimum Gasteiger partial charge on any atom is -0.513 e. The van der Waals surface area contributed by atoms with E-state index in [1.54, 1.807) is 54.6 Å². The predicted octanol–water partition coefficient (Wildman–Crippen LogP) is 4.71. The molecule has 0 aliphatic rings. The summed E-state index contributed by atoms with van der Waals surface area (Å²) in [7, 11) is 0. The molecule has 0 atom stereocenters. The van der Waals surface area contributed by atoms with Crippen LogP contribution < -0.4 is 0 Å². The van der Waals surface area contributed by atoms with Crippen molar-refractivity contribution >= 4 is 23.1 Å². The van der Waals surface area contributed by atoms with Crippen molar-refractivity contribution in [2.24, 2.45) is 10.2 Å². The van der Waals surface area contributed by atoms with Gasteiger partial charge in [-0.25, -0.2) is 0 Å². The van der Waals surface area contributed by atoms with E-state index < -0.39 is 5.78 Å². The van der Waals surface area contributed by atoms with Crippen LogP contribution in [0.1, 0.15) is 10.4 Å². The summed E-state index contributed by atoms with van der Waals surface area (Å²) in [5, 5.41) is 17.4. The van der Waals surface area contributed by atoms with Crippen molar-refractivity contribution in [1.82, 2.24) is 0 Å². The molecule has 100 valence electrons. The molecular weight excluding hydrogens is 276 g/mol. The van der Waals surface area contributed by atoms with E-state index >= 15 is 0 Å². The molecule has 0 saturated heterocycles. The number of carbonyl (C=O) groups is 1. The molecule has 0 spiro atoms. The van der Waals surface area contributed by atoms with Crippen molar-refractivity contribution in [2.45, 2.75) is 0 Å². The highest BCUT2D eigenvalue weighted by atomic mass is 35.5. The lowest BCUT2D eigenvalue weighted by Crippen LogP contribution is -2.00. The third-order valence-electron chi connectivity index (χ3n) is 2.49. The highest BCUT2D eigenvalue weighted by Gasteiger charge is 2.11. The molecule has 20 heavy (non-hydrogen) atoms. The Hall–Kier alpha value is -2.46. The van der Waals surface area contributed by atoms with E-state index in [0.29, 0.717) is 22.5 Å². The number of ketones is 1. The average Bonchev–Trinajstić information content (AvgIpc) is 2.50. The number of Topliss-reactive ketones (excluding diaryl/α,β-unsaturated/α-hetero) is 1. The number of azo groups is 1. The molecule has 1 N–H and O–H groups in total. The third-order valence-corrected chi connectivity index (χ3v) is 2.74. The molecule has 2 aromatic rings. The zero-order valence-corrected chi connectivity index (χ0v) is 11.2. The lowest BCUT2D eigenvalue weighted by Gasteiger charge is -1.99. The lowest BCUT2D eigenvalue weighted by atomic mass is 10.1. The van der Waals surface area contributed by atoms with Crippen LogP contribution in [-0.4, -0.2) is 10.9 Å². The first-order valence-electron chi connectivity index (χ1n) is 5.82. The van der Waals surface area contributed by atoms with Crippen LogP contribution in [0.2, 0.25) is 5.02 Å². The van der Waals surface area contributed by atoms with E-state index in [4.69, 9.17) is 16.7 Å². The monoisotopic (exact) mass is 286 g/mol. The van der Waals surface area contributed by atoms with E-state index in [0.717, 1.165) is 0 Å². The number of nitrogens with zero attached hydrogens (tertiary/aromatic N) is 2. The molecule has 2 rings (SSSR count). The second kappa shape index (κ2) is 6.63. The van der Waals surface area contributed by atoms with Crippen LogP contribution in [0.15, 0.2) is 76.8 Å². The van der Waals surface area contributed by atoms with Crippen molar-refractivity contribution in [1.29, 1.82) is 0 Å². The average molecular weight is 287 g/mol. The van der Waals surface area contributed by atoms with Gasteiger partial charge >= 0.3 is 0 Å². The highest BCUT2D eigenvalue weighted by molar-refractivity contribution is 6.30. The van der Waals surface area contributed by atoms with Crippen LogP contribution in [0.3, 0.4) is 0 Å². The molecule has 0 unspecified atom stereocenters. The SMILES string of the molecule is O=C(C(=CO)N=Nc1ccc(Cl)cc1)c1ccccc1. The van der Waals surface area contributed by atoms with E-state index in [9.17, 15) is 4.79 Å². The summed E-state index contributed by atoms with van der Waals surface area (Å²) in [6.45, 7) is 0. The Morgan fingerprint density at radius 1 is 1.05 bits per heavy atom. The summed E-state index contributed by atoms with van der Waals surface area (Å²) in [4.78, 5) is 12.0. The van der Waals surface area contributed by atoms with Gasteiger partial charge in [-0.1, -0.05) is 41.9 Å². The fourth-order valence-electron chi connectivity index (χ4n) is 1.49. The molecule has 0 bridgehead atoms. The summed E-state index contributed by atoms with van der Waals surface area (Å²) < 4.78 is 0. The summed E-state index contributed by atoms with van der Waals surface area (Å²) in [5.41, 5.74) is 0.837. The van der Waals surface area contributed by atoms with Crippen LogP contribution in [0.5, 0.6) is 0 Å². The van der Waals surface area contributed by atoms with Gasteiger partial charge in [0.2, 0.25) is 5.78 Å². The molecule has 0 aliphatic heterocycles. The Bertz CT molecular complexity index is 649. The number of benzene rings is 2. The van der Waals surface area contributed by atoms with Gasteiger partial charge in [-0.3, -0.25) is 4.79 Å². The number of halogens is 1. The minimum atomic E-state index is -0.397. The smallest absolute Gasteiger partial charge is 0.216 e. The quantitative estimate of drug-likeness (QED) is 0.383. The molecule has 2 aromatic carbocycles. The maximum atomic E-state index is 12.0. The fourth-order valence-corrected chi connectivity index (χ4v) is 1.61. The molecule has 4 nitrogen and oxygen atoms in total. The predicted molar refractivity (Wildman–Crippen MR) is 77.5 cm³/mol. The summed E-state index contributed by atoms with van der Waals surface area (Å²) >= 11 is 5.75. The van der Waals surface area contributed by atoms with E-state index in [1.807, 2.05) is 0 Å². The summed E-state index contributed by atoms with van der Waals surface area (Å²) in [6, 6.07) is 15.2. The van der Waals surface area contributed by atoms with Crippen LogP contribution in [0, 0.1) is 0 Å². The first-order chi connectivity index (χ1) is 9.70. The molecule has 5 heteroatoms. The molecule has 0 radical (unpaired) electrons. The molecule has 0 amide bonds. The van der Waals surface area contributed by atoms with Gasteiger partial charge in [-0.05, 0) is 24.3 Å². The maximum absolute atomic E-state index is 12.0. The van der Waals surface area contributed by atoms with Gasteiger partial charge < -0.3 is 5.11 Å². The number of carbonyl (C=O) groups excluding carboxylic acids is 1. The minimum absolute atomic E-state index is 0.133. The maximum Gasteiger partial charge on any atom is 0.216 e. The first kappa shape index (κ1) is 14.0. The van der Waals surface area contributed by atoms with Crippen LogP contribution in [-0.2, 0) is 0 Å². The summed E-state index contributed by atoms with van der Waals surface area (Å²) in [6.07, 6.45) is 0.648. The largest absolute Gasteiger partial charge is 0.513 e. The topological polar surface area (TPSA) is 62.0 Å². The Morgan fingerprint density at radius 3 is 2.30 bits per heavy atom. The molecule has 0 saturated carbocycles. The molecule has 0 aliphatic carbocycles. The van der Waals surface area contributed by atoms with Crippen molar-refractivity contribution in [3.8, 4) is 0 Å². The number of allylic oxidation sites excluding steroid dienone is 1. The Balaban J connectivity index is 2.18. The van der Waals surface area contributed by atoms with Gasteiger partial charge in [0.05, 0.1) is 5.69 Å². The zero-order valence-electron chi connectivity index (χ0n) is 10.4. The summed E-state index contributed by atoms with van der Waals surface area (Å²) in [5.74, 6) is -0.397. The molecule has 0 heterocycles. The van der Waals surface area contributed by atoms with Crippen molar-refractivity contribution in [3.63, 3.8) is 0 Å². The fraction of sp³-hybridized carbons (Fsp3) is 0. The van der Waals surface area contributed by atoms with E-state index in [2.05, 4.69) is 10.2 Å². The van der Waals surface area contributed by atoms with Crippen LogP contribution in [0.4, 0.5) is 5.69 Å². The van der Waals surface area contributed by atoms with Gasteiger partial charge in [-0.2, -0.15) is 5.11 Å². The Labute approximate surface area is 121 Å². The number of hydrogen-bond acceptors (Lipinski definition) is 4. The molecule has 0 fully saturated rings. The Kier molecular flexibility index (Phi) is 4.63. The molecule has 0 aromatic heterocycles. The van der Waals surface area contributed by atoms with Gasteiger partial charge in [-0.15, -0.1) is 5.11 Å². The van der Waals surface area contributed by atoms with E-state index in [1.165, 1.54) is 0 Å². The molecular formula is C15H11ClN2O2. The number of aliphatic hydroxyl groups excluding tert-OH is 1. The van der Waals surface area contributed by atoms with Crippen molar-refractivity contribution in [3.05, 3.63) is 77.1 Å². The van der Waals surface area contributed by atoms with Crippen LogP contribution in [0.25, 0.3) is 0 Å². The standard InChI is InChI=1S/C15H11ClN2O2/c16-12-6-8-13(9-7-12)17-18-14(10-19)15(20)11-4-2-1-3-5-11/h1-10,19H. The van der Waals surface area contributed by atoms with Crippen molar-refractivity contribution in [2.75, 3.05) is 0 Å². The first-order valence-corrected chi connectivity index (χ1v) is 6.20. The lowest BCUT2D eigenvalue weighted by molar-refractivity contribution is 0.102. The number of aliphatic hydroxyl groups is 1. The third kappa shape index (κ3) is 3.52. The van der Waals surface area contributed by atoms with Crippen molar-refractivity contribution < 1.29 is 9.90 Å². The second-order valence-corrected chi connectivity index (χ2v) is 4.32. The highest BCUT2D eigenvalue weighted by Crippen LogP contribution is 2.18. The number of hydrogen-bond donors (Lipinski definition) is 1. The van der Waals surface area contributed by atoms with Gasteiger partial charge in [0.15, 0.2) is 5.70 Å². The normalized spacial score (nSPS) is 11.8. The van der Waals surface area contributed by atoms with Crippen LogP contribution >= 0.6 is 11.6 Å².